The molecule has 0 saturated carbocycles. The van der Waals surface area contributed by atoms with Gasteiger partial charge in [0.25, 0.3) is 0 Å². The van der Waals surface area contributed by atoms with Crippen LogP contribution < -0.4 is 5.32 Å². The lowest BCUT2D eigenvalue weighted by Crippen LogP contribution is -2.45. The third-order valence-corrected chi connectivity index (χ3v) is 10.3. The molecule has 2 atom stereocenters. The summed E-state index contributed by atoms with van der Waals surface area (Å²) >= 11 is 0. The predicted molar refractivity (Wildman–Crippen MR) is 248 cm³/mol. The first kappa shape index (κ1) is 53.6. The molecular weight excluding hydrogens is 687 g/mol. The molecule has 0 radical (unpaired) electrons. The first-order chi connectivity index (χ1) is 27.7. The van der Waals surface area contributed by atoms with E-state index in [1.54, 1.807) is 6.08 Å². The first-order valence-corrected chi connectivity index (χ1v) is 23.8. The highest BCUT2D eigenvalue weighted by molar-refractivity contribution is 5.76. The average molecular weight is 778 g/mol. The fourth-order valence-corrected chi connectivity index (χ4v) is 6.73. The number of hydrogen-bond acceptors (Lipinski definition) is 3. The minimum atomic E-state index is -0.875. The van der Waals surface area contributed by atoms with Gasteiger partial charge in [0.2, 0.25) is 5.91 Å². The van der Waals surface area contributed by atoms with Gasteiger partial charge in [-0.05, 0) is 83.5 Å². The van der Waals surface area contributed by atoms with E-state index in [2.05, 4.69) is 92.1 Å². The number of hydrogen-bond donors (Lipinski definition) is 3. The summed E-state index contributed by atoms with van der Waals surface area (Å²) in [6.07, 6.45) is 68.4. The van der Waals surface area contributed by atoms with Gasteiger partial charge in [0.15, 0.2) is 0 Å². The first-order valence-electron chi connectivity index (χ1n) is 23.8. The van der Waals surface area contributed by atoms with Gasteiger partial charge in [0.05, 0.1) is 18.8 Å². The van der Waals surface area contributed by atoms with Crippen molar-refractivity contribution < 1.29 is 15.0 Å². The molecule has 0 fully saturated rings. The predicted octanol–water partition coefficient (Wildman–Crippen LogP) is 15.2. The number of carbonyl (C=O) groups excluding carboxylic acids is 1. The second-order valence-corrected chi connectivity index (χ2v) is 15.8. The van der Waals surface area contributed by atoms with Crippen molar-refractivity contribution in [3.8, 4) is 0 Å². The number of aliphatic hydroxyl groups excluding tert-OH is 2. The van der Waals surface area contributed by atoms with Crippen LogP contribution in [0.2, 0.25) is 0 Å². The summed E-state index contributed by atoms with van der Waals surface area (Å²) in [5.74, 6) is -0.0832. The lowest BCUT2D eigenvalue weighted by molar-refractivity contribution is -0.123. The fourth-order valence-electron chi connectivity index (χ4n) is 6.73. The van der Waals surface area contributed by atoms with E-state index in [1.807, 2.05) is 6.08 Å². The Morgan fingerprint density at radius 3 is 1.25 bits per heavy atom. The van der Waals surface area contributed by atoms with Crippen LogP contribution in [-0.2, 0) is 4.79 Å². The molecule has 0 aromatic heterocycles. The Morgan fingerprint density at radius 2 is 0.804 bits per heavy atom. The number of aliphatic hydroxyl groups is 2. The highest BCUT2D eigenvalue weighted by Crippen LogP contribution is 2.14. The molecule has 0 aliphatic rings. The number of amides is 1. The smallest absolute Gasteiger partial charge is 0.220 e. The summed E-state index contributed by atoms with van der Waals surface area (Å²) in [4.78, 5) is 12.4. The molecule has 322 valence electrons. The Hall–Kier alpha value is -2.43. The van der Waals surface area contributed by atoms with Crippen LogP contribution in [0.25, 0.3) is 0 Å². The van der Waals surface area contributed by atoms with E-state index in [0.717, 1.165) is 64.2 Å². The third kappa shape index (κ3) is 42.7. The standard InChI is InChI=1S/C52H91NO3/c1-3-5-7-9-11-13-15-17-19-21-23-24-25-26-27-28-30-32-34-36-38-40-42-44-46-48-52(56)53-50(49-54)51(55)47-45-43-41-39-37-35-33-31-29-22-20-18-16-14-12-10-8-6-4-2/h5,7,11,13,17,19,23-24,29,31,37,39,45,47,50-51,54-55H,3-4,6,8-10,12,14-16,18,20-22,25-28,30,32-36,38,40-44,46,48-49H2,1-2H3,(H,53,56)/b7-5-,13-11-,19-17-,24-23-,31-29+,39-37+,47-45+. The number of allylic oxidation sites excluding steroid dienone is 13. The second-order valence-electron chi connectivity index (χ2n) is 15.8. The molecule has 0 saturated heterocycles. The van der Waals surface area contributed by atoms with Crippen LogP contribution in [0.15, 0.2) is 85.1 Å². The van der Waals surface area contributed by atoms with Crippen molar-refractivity contribution >= 4 is 5.91 Å². The molecule has 1 amide bonds. The summed E-state index contributed by atoms with van der Waals surface area (Å²) in [5, 5.41) is 23.0. The van der Waals surface area contributed by atoms with Crippen molar-refractivity contribution in [1.82, 2.24) is 5.32 Å². The van der Waals surface area contributed by atoms with Crippen molar-refractivity contribution in [3.63, 3.8) is 0 Å². The molecule has 0 rings (SSSR count). The SMILES string of the molecule is CC/C=C\C/C=C\C/C=C\C/C=C\CCCCCCCCCCCCCCC(=O)NC(CO)C(O)/C=C/CC/C=C/CC/C=C/CCCCCCCCCCC. The lowest BCUT2D eigenvalue weighted by Gasteiger charge is -2.19. The Bertz CT molecular complexity index is 1020. The maximum atomic E-state index is 12.4. The Balaban J connectivity index is 3.63. The third-order valence-electron chi connectivity index (χ3n) is 10.3. The van der Waals surface area contributed by atoms with Gasteiger partial charge >= 0.3 is 0 Å². The van der Waals surface area contributed by atoms with E-state index in [0.29, 0.717) is 6.42 Å². The van der Waals surface area contributed by atoms with E-state index in [4.69, 9.17) is 0 Å². The van der Waals surface area contributed by atoms with Gasteiger partial charge < -0.3 is 15.5 Å². The van der Waals surface area contributed by atoms with Crippen LogP contribution in [0.3, 0.4) is 0 Å². The molecule has 0 heterocycles. The Labute approximate surface area is 348 Å². The molecule has 0 aliphatic heterocycles. The molecular formula is C52H91NO3. The van der Waals surface area contributed by atoms with Crippen molar-refractivity contribution in [3.05, 3.63) is 85.1 Å². The second kappa shape index (κ2) is 46.9. The van der Waals surface area contributed by atoms with E-state index in [1.165, 1.54) is 135 Å². The molecule has 0 bridgehead atoms. The van der Waals surface area contributed by atoms with Crippen LogP contribution in [0.4, 0.5) is 0 Å². The lowest BCUT2D eigenvalue weighted by atomic mass is 10.0. The van der Waals surface area contributed by atoms with Gasteiger partial charge in [-0.2, -0.15) is 0 Å². The molecule has 4 nitrogen and oxygen atoms in total. The zero-order valence-electron chi connectivity index (χ0n) is 36.9. The number of unbranched alkanes of at least 4 members (excludes halogenated alkanes) is 23. The minimum absolute atomic E-state index is 0.0832. The topological polar surface area (TPSA) is 69.6 Å². The molecule has 0 spiro atoms. The van der Waals surface area contributed by atoms with Gasteiger partial charge in [-0.3, -0.25) is 4.79 Å². The number of carbonyl (C=O) groups is 1. The van der Waals surface area contributed by atoms with Crippen LogP contribution in [-0.4, -0.2) is 34.9 Å². The van der Waals surface area contributed by atoms with Crippen molar-refractivity contribution in [1.29, 1.82) is 0 Å². The van der Waals surface area contributed by atoms with Crippen LogP contribution in [0, 0.1) is 0 Å². The Morgan fingerprint density at radius 1 is 0.446 bits per heavy atom. The highest BCUT2D eigenvalue weighted by atomic mass is 16.3. The molecule has 56 heavy (non-hydrogen) atoms. The average Bonchev–Trinajstić information content (AvgIpc) is 3.20. The maximum absolute atomic E-state index is 12.4. The van der Waals surface area contributed by atoms with Gasteiger partial charge in [0, 0.05) is 6.42 Å². The zero-order chi connectivity index (χ0) is 40.7. The van der Waals surface area contributed by atoms with Crippen LogP contribution in [0.5, 0.6) is 0 Å². The van der Waals surface area contributed by atoms with Crippen molar-refractivity contribution in [2.24, 2.45) is 0 Å². The van der Waals surface area contributed by atoms with Crippen molar-refractivity contribution in [2.75, 3.05) is 6.61 Å². The molecule has 4 heteroatoms. The van der Waals surface area contributed by atoms with Crippen LogP contribution >= 0.6 is 0 Å². The summed E-state index contributed by atoms with van der Waals surface area (Å²) in [7, 11) is 0. The Kier molecular flexibility index (Phi) is 44.9. The normalized spacial score (nSPS) is 13.7. The van der Waals surface area contributed by atoms with E-state index < -0.39 is 12.1 Å². The summed E-state index contributed by atoms with van der Waals surface area (Å²) in [5.41, 5.74) is 0. The molecule has 3 N–H and O–H groups in total. The fraction of sp³-hybridized carbons (Fsp3) is 0.712. The monoisotopic (exact) mass is 778 g/mol. The highest BCUT2D eigenvalue weighted by Gasteiger charge is 2.17. The van der Waals surface area contributed by atoms with Gasteiger partial charge in [0.1, 0.15) is 0 Å². The van der Waals surface area contributed by atoms with E-state index >= 15 is 0 Å². The van der Waals surface area contributed by atoms with E-state index in [-0.39, 0.29) is 12.5 Å². The van der Waals surface area contributed by atoms with Gasteiger partial charge in [-0.1, -0.05) is 214 Å². The largest absolute Gasteiger partial charge is 0.394 e. The van der Waals surface area contributed by atoms with Crippen LogP contribution in [0.1, 0.15) is 219 Å². The molecule has 0 aliphatic carbocycles. The molecule has 0 aromatic rings. The maximum Gasteiger partial charge on any atom is 0.220 e. The number of rotatable bonds is 42. The zero-order valence-corrected chi connectivity index (χ0v) is 36.9. The molecule has 2 unspecified atom stereocenters. The van der Waals surface area contributed by atoms with E-state index in [9.17, 15) is 15.0 Å². The number of nitrogens with one attached hydrogen (secondary N) is 1. The van der Waals surface area contributed by atoms with Crippen molar-refractivity contribution in [2.45, 2.75) is 231 Å². The van der Waals surface area contributed by atoms with Gasteiger partial charge in [-0.15, -0.1) is 0 Å². The quantitative estimate of drug-likeness (QED) is 0.0427. The minimum Gasteiger partial charge on any atom is -0.394 e. The molecule has 0 aromatic carbocycles. The summed E-state index contributed by atoms with van der Waals surface area (Å²) in [6.45, 7) is 4.18. The van der Waals surface area contributed by atoms with Gasteiger partial charge in [-0.25, -0.2) is 0 Å². The summed E-state index contributed by atoms with van der Waals surface area (Å²) in [6, 6.07) is -0.651. The summed E-state index contributed by atoms with van der Waals surface area (Å²) < 4.78 is 0.